The van der Waals surface area contributed by atoms with Crippen molar-refractivity contribution < 1.29 is 10.2 Å². The molecule has 0 amide bonds. The fourth-order valence-electron chi connectivity index (χ4n) is 1.64. The molecule has 0 saturated carbocycles. The summed E-state index contributed by atoms with van der Waals surface area (Å²) in [6.45, 7) is -0.242. The van der Waals surface area contributed by atoms with Crippen LogP contribution in [0.3, 0.4) is 0 Å². The summed E-state index contributed by atoms with van der Waals surface area (Å²) < 4.78 is 0. The van der Waals surface area contributed by atoms with Crippen LogP contribution in [-0.2, 0) is 0 Å². The predicted molar refractivity (Wildman–Crippen MR) is 56.0 cm³/mol. The van der Waals surface area contributed by atoms with Gasteiger partial charge >= 0.3 is 0 Å². The van der Waals surface area contributed by atoms with Crippen molar-refractivity contribution in [2.75, 3.05) is 6.61 Å². The molecule has 2 aromatic carbocycles. The highest BCUT2D eigenvalue weighted by molar-refractivity contribution is 5.85. The van der Waals surface area contributed by atoms with Crippen LogP contribution >= 0.6 is 0 Å². The third-order valence-corrected chi connectivity index (χ3v) is 2.36. The maximum Gasteiger partial charge on any atom is 0.103 e. The summed E-state index contributed by atoms with van der Waals surface area (Å²) in [4.78, 5) is 0. The largest absolute Gasteiger partial charge is 0.393 e. The first kappa shape index (κ1) is 9.19. The molecule has 0 bridgehead atoms. The molecule has 2 rings (SSSR count). The number of aliphatic hydroxyl groups is 2. The number of hydrogen-bond donors (Lipinski definition) is 2. The van der Waals surface area contributed by atoms with E-state index in [2.05, 4.69) is 0 Å². The number of benzene rings is 2. The average molecular weight is 188 g/mol. The molecule has 14 heavy (non-hydrogen) atoms. The zero-order valence-corrected chi connectivity index (χ0v) is 7.72. The number of rotatable bonds is 2. The summed E-state index contributed by atoms with van der Waals surface area (Å²) in [7, 11) is 0. The molecular weight excluding hydrogens is 176 g/mol. The Morgan fingerprint density at radius 1 is 1.00 bits per heavy atom. The summed E-state index contributed by atoms with van der Waals surface area (Å²) in [6, 6.07) is 13.5. The average Bonchev–Trinajstić information content (AvgIpc) is 2.27. The molecule has 2 heteroatoms. The van der Waals surface area contributed by atoms with Gasteiger partial charge in [0.25, 0.3) is 0 Å². The van der Waals surface area contributed by atoms with E-state index in [-0.39, 0.29) is 6.61 Å². The van der Waals surface area contributed by atoms with Crippen LogP contribution < -0.4 is 0 Å². The second kappa shape index (κ2) is 3.78. The molecule has 2 N–H and O–H groups in total. The molecule has 72 valence electrons. The van der Waals surface area contributed by atoms with Gasteiger partial charge in [-0.25, -0.2) is 0 Å². The molecule has 2 aromatic rings. The number of hydrogen-bond acceptors (Lipinski definition) is 2. The van der Waals surface area contributed by atoms with E-state index in [9.17, 15) is 5.11 Å². The van der Waals surface area contributed by atoms with Crippen LogP contribution in [0.2, 0.25) is 0 Å². The third kappa shape index (κ3) is 1.50. The van der Waals surface area contributed by atoms with Gasteiger partial charge in [0.15, 0.2) is 0 Å². The van der Waals surface area contributed by atoms with E-state index in [1.165, 1.54) is 0 Å². The van der Waals surface area contributed by atoms with Crippen LogP contribution in [0.5, 0.6) is 0 Å². The van der Waals surface area contributed by atoms with Crippen LogP contribution in [-0.4, -0.2) is 16.8 Å². The van der Waals surface area contributed by atoms with Crippen LogP contribution in [0.4, 0.5) is 0 Å². The first-order chi connectivity index (χ1) is 6.83. The lowest BCUT2D eigenvalue weighted by Gasteiger charge is -2.10. The first-order valence-electron chi connectivity index (χ1n) is 4.59. The molecule has 1 atom stereocenters. The zero-order valence-electron chi connectivity index (χ0n) is 7.72. The molecule has 0 aliphatic rings. The van der Waals surface area contributed by atoms with Crippen molar-refractivity contribution >= 4 is 10.8 Å². The van der Waals surface area contributed by atoms with Crippen LogP contribution in [0.25, 0.3) is 10.8 Å². The van der Waals surface area contributed by atoms with Gasteiger partial charge < -0.3 is 10.2 Å². The van der Waals surface area contributed by atoms with Crippen molar-refractivity contribution in [3.05, 3.63) is 48.0 Å². The van der Waals surface area contributed by atoms with Gasteiger partial charge in [0.2, 0.25) is 0 Å². The van der Waals surface area contributed by atoms with E-state index >= 15 is 0 Å². The van der Waals surface area contributed by atoms with Crippen molar-refractivity contribution in [3.63, 3.8) is 0 Å². The maximum absolute atomic E-state index is 9.58. The Kier molecular flexibility index (Phi) is 2.48. The van der Waals surface area contributed by atoms with E-state index in [0.717, 1.165) is 16.3 Å². The SMILES string of the molecule is OC[C@@H](O)c1cccc2ccccc12. The third-order valence-electron chi connectivity index (χ3n) is 2.36. The van der Waals surface area contributed by atoms with Gasteiger partial charge in [0.1, 0.15) is 6.10 Å². The smallest absolute Gasteiger partial charge is 0.103 e. The van der Waals surface area contributed by atoms with E-state index in [4.69, 9.17) is 5.11 Å². The van der Waals surface area contributed by atoms with Gasteiger partial charge in [-0.2, -0.15) is 0 Å². The lowest BCUT2D eigenvalue weighted by molar-refractivity contribution is 0.0967. The van der Waals surface area contributed by atoms with Crippen LogP contribution in [0, 0.1) is 0 Å². The van der Waals surface area contributed by atoms with Crippen molar-refractivity contribution in [2.24, 2.45) is 0 Å². The minimum absolute atomic E-state index is 0.242. The molecule has 0 aliphatic carbocycles. The van der Waals surface area contributed by atoms with Crippen LogP contribution in [0.15, 0.2) is 42.5 Å². The second-order valence-corrected chi connectivity index (χ2v) is 3.27. The summed E-state index contributed by atoms with van der Waals surface area (Å²) in [5, 5.41) is 20.6. The monoisotopic (exact) mass is 188 g/mol. The molecule has 0 aromatic heterocycles. The number of fused-ring (bicyclic) bond motifs is 1. The maximum atomic E-state index is 9.58. The zero-order chi connectivity index (χ0) is 9.97. The lowest BCUT2D eigenvalue weighted by Crippen LogP contribution is -2.02. The van der Waals surface area contributed by atoms with Crippen molar-refractivity contribution in [1.82, 2.24) is 0 Å². The highest BCUT2D eigenvalue weighted by atomic mass is 16.3. The fourth-order valence-corrected chi connectivity index (χ4v) is 1.64. The van der Waals surface area contributed by atoms with Crippen molar-refractivity contribution in [3.8, 4) is 0 Å². The van der Waals surface area contributed by atoms with Gasteiger partial charge in [0, 0.05) is 0 Å². The van der Waals surface area contributed by atoms with E-state index in [0.29, 0.717) is 0 Å². The van der Waals surface area contributed by atoms with Gasteiger partial charge in [0.05, 0.1) is 6.61 Å². The molecule has 0 heterocycles. The Bertz CT molecular complexity index is 432. The van der Waals surface area contributed by atoms with E-state index < -0.39 is 6.10 Å². The normalized spacial score (nSPS) is 13.0. The molecule has 0 radical (unpaired) electrons. The van der Waals surface area contributed by atoms with Gasteiger partial charge in [-0.15, -0.1) is 0 Å². The Balaban J connectivity index is 2.65. The van der Waals surface area contributed by atoms with Crippen LogP contribution in [0.1, 0.15) is 11.7 Å². The highest BCUT2D eigenvalue weighted by Gasteiger charge is 2.08. The predicted octanol–water partition coefficient (Wildman–Crippen LogP) is 1.87. The molecule has 0 saturated heterocycles. The molecule has 0 fully saturated rings. The number of aliphatic hydroxyl groups excluding tert-OH is 2. The molecule has 0 aliphatic heterocycles. The summed E-state index contributed by atoms with van der Waals surface area (Å²) in [6.07, 6.45) is -0.791. The van der Waals surface area contributed by atoms with Crippen molar-refractivity contribution in [2.45, 2.75) is 6.10 Å². The Morgan fingerprint density at radius 3 is 2.50 bits per heavy atom. The summed E-state index contributed by atoms with van der Waals surface area (Å²) >= 11 is 0. The van der Waals surface area contributed by atoms with Gasteiger partial charge in [-0.05, 0) is 16.3 Å². The minimum atomic E-state index is -0.791. The topological polar surface area (TPSA) is 40.5 Å². The Hall–Kier alpha value is -1.38. The van der Waals surface area contributed by atoms with Crippen molar-refractivity contribution in [1.29, 1.82) is 0 Å². The van der Waals surface area contributed by atoms with Gasteiger partial charge in [-0.3, -0.25) is 0 Å². The minimum Gasteiger partial charge on any atom is -0.393 e. The standard InChI is InChI=1S/C12H12O2/c13-8-12(14)11-7-3-5-9-4-1-2-6-10(9)11/h1-7,12-14H,8H2/t12-/m1/s1. The molecular formula is C12H12O2. The van der Waals surface area contributed by atoms with E-state index in [1.54, 1.807) is 0 Å². The lowest BCUT2D eigenvalue weighted by atomic mass is 10.0. The fraction of sp³-hybridized carbons (Fsp3) is 0.167. The quantitative estimate of drug-likeness (QED) is 0.755. The summed E-state index contributed by atoms with van der Waals surface area (Å²) in [5.41, 5.74) is 0.783. The summed E-state index contributed by atoms with van der Waals surface area (Å²) in [5.74, 6) is 0. The first-order valence-corrected chi connectivity index (χ1v) is 4.59. The molecule has 2 nitrogen and oxygen atoms in total. The molecule has 0 spiro atoms. The highest BCUT2D eigenvalue weighted by Crippen LogP contribution is 2.23. The van der Waals surface area contributed by atoms with Gasteiger partial charge in [-0.1, -0.05) is 42.5 Å². The Morgan fingerprint density at radius 2 is 1.71 bits per heavy atom. The molecule has 0 unspecified atom stereocenters. The second-order valence-electron chi connectivity index (χ2n) is 3.27. The van der Waals surface area contributed by atoms with E-state index in [1.807, 2.05) is 42.5 Å². The Labute approximate surface area is 82.4 Å².